The van der Waals surface area contributed by atoms with Gasteiger partial charge in [0.2, 0.25) is 0 Å². The van der Waals surface area contributed by atoms with Crippen molar-refractivity contribution in [2.24, 2.45) is 5.92 Å². The second kappa shape index (κ2) is 7.04. The molecule has 0 aromatic heterocycles. The van der Waals surface area contributed by atoms with Crippen molar-refractivity contribution in [3.63, 3.8) is 0 Å². The molecule has 0 aliphatic carbocycles. The highest BCUT2D eigenvalue weighted by molar-refractivity contribution is 5.95. The number of nitrogens with zero attached hydrogens (tertiary/aromatic N) is 1. The van der Waals surface area contributed by atoms with Crippen LogP contribution in [-0.4, -0.2) is 46.7 Å². The lowest BCUT2D eigenvalue weighted by Gasteiger charge is -2.31. The lowest BCUT2D eigenvalue weighted by Crippen LogP contribution is -2.39. The van der Waals surface area contributed by atoms with Crippen LogP contribution in [0.4, 0.5) is 0 Å². The Hall–Kier alpha value is -2.14. The number of aliphatic hydroxyl groups excluding tert-OH is 1. The Morgan fingerprint density at radius 2 is 2.00 bits per heavy atom. The van der Waals surface area contributed by atoms with E-state index in [1.54, 1.807) is 29.2 Å². The van der Waals surface area contributed by atoms with E-state index in [1.165, 1.54) is 6.08 Å². The van der Waals surface area contributed by atoms with Gasteiger partial charge < -0.3 is 15.1 Å². The fourth-order valence-electron chi connectivity index (χ4n) is 2.44. The van der Waals surface area contributed by atoms with Crippen molar-refractivity contribution >= 4 is 18.0 Å². The molecule has 0 bridgehead atoms. The molecule has 5 nitrogen and oxygen atoms in total. The minimum Gasteiger partial charge on any atom is -0.478 e. The Bertz CT molecular complexity index is 545. The maximum atomic E-state index is 12.4. The summed E-state index contributed by atoms with van der Waals surface area (Å²) >= 11 is 0. The highest BCUT2D eigenvalue weighted by Gasteiger charge is 2.23. The van der Waals surface area contributed by atoms with Crippen molar-refractivity contribution in [3.8, 4) is 0 Å². The number of hydrogen-bond acceptors (Lipinski definition) is 3. The predicted octanol–water partition coefficient (Wildman–Crippen LogP) is 1.63. The zero-order valence-corrected chi connectivity index (χ0v) is 11.7. The van der Waals surface area contributed by atoms with Gasteiger partial charge in [-0.3, -0.25) is 4.79 Å². The van der Waals surface area contributed by atoms with Gasteiger partial charge >= 0.3 is 5.97 Å². The van der Waals surface area contributed by atoms with E-state index in [4.69, 9.17) is 10.2 Å². The van der Waals surface area contributed by atoms with Crippen LogP contribution in [-0.2, 0) is 4.79 Å². The lowest BCUT2D eigenvalue weighted by atomic mass is 9.97. The minimum atomic E-state index is -1.02. The van der Waals surface area contributed by atoms with Crippen LogP contribution in [0, 0.1) is 5.92 Å². The van der Waals surface area contributed by atoms with E-state index < -0.39 is 5.97 Å². The van der Waals surface area contributed by atoms with Gasteiger partial charge in [0, 0.05) is 31.3 Å². The van der Waals surface area contributed by atoms with Crippen LogP contribution >= 0.6 is 0 Å². The molecule has 1 amide bonds. The van der Waals surface area contributed by atoms with Crippen LogP contribution < -0.4 is 0 Å². The number of carboxylic acids is 1. The molecule has 0 saturated carbocycles. The van der Waals surface area contributed by atoms with Gasteiger partial charge in [-0.1, -0.05) is 12.1 Å². The van der Waals surface area contributed by atoms with Crippen molar-refractivity contribution in [1.82, 2.24) is 4.90 Å². The maximum absolute atomic E-state index is 12.4. The topological polar surface area (TPSA) is 77.8 Å². The number of hydrogen-bond donors (Lipinski definition) is 2. The number of amides is 1. The van der Waals surface area contributed by atoms with Crippen molar-refractivity contribution in [3.05, 3.63) is 41.5 Å². The first-order valence-corrected chi connectivity index (χ1v) is 7.01. The fourth-order valence-corrected chi connectivity index (χ4v) is 2.44. The van der Waals surface area contributed by atoms with Gasteiger partial charge in [0.05, 0.1) is 0 Å². The summed E-state index contributed by atoms with van der Waals surface area (Å²) in [5.41, 5.74) is 1.25. The van der Waals surface area contributed by atoms with Gasteiger partial charge in [0.25, 0.3) is 5.91 Å². The molecular formula is C16H19NO4. The molecule has 5 heteroatoms. The number of carbonyl (C=O) groups is 2. The molecule has 2 rings (SSSR count). The average Bonchev–Trinajstić information content (AvgIpc) is 2.52. The molecule has 0 spiro atoms. The van der Waals surface area contributed by atoms with Crippen molar-refractivity contribution in [1.29, 1.82) is 0 Å². The van der Waals surface area contributed by atoms with Crippen LogP contribution in [0.15, 0.2) is 30.3 Å². The minimum absolute atomic E-state index is 0.0445. The summed E-state index contributed by atoms with van der Waals surface area (Å²) in [6.07, 6.45) is 4.16. The molecule has 0 atom stereocenters. The molecule has 1 heterocycles. The van der Waals surface area contributed by atoms with E-state index in [1.807, 2.05) is 0 Å². The van der Waals surface area contributed by atoms with Gasteiger partial charge in [-0.15, -0.1) is 0 Å². The Morgan fingerprint density at radius 3 is 2.62 bits per heavy atom. The van der Waals surface area contributed by atoms with Crippen molar-refractivity contribution < 1.29 is 19.8 Å². The first-order chi connectivity index (χ1) is 10.1. The highest BCUT2D eigenvalue weighted by atomic mass is 16.4. The third-order valence-corrected chi connectivity index (χ3v) is 3.71. The lowest BCUT2D eigenvalue weighted by molar-refractivity contribution is -0.131. The standard InChI is InChI=1S/C16H19NO4/c18-11-13-6-8-17(9-7-13)16(21)14-3-1-2-12(10-14)4-5-15(19)20/h1-5,10,13,18H,6-9,11H2,(H,19,20). The fraction of sp³-hybridized carbons (Fsp3) is 0.375. The Labute approximate surface area is 123 Å². The average molecular weight is 289 g/mol. The Morgan fingerprint density at radius 1 is 1.29 bits per heavy atom. The molecule has 0 radical (unpaired) electrons. The van der Waals surface area contributed by atoms with E-state index in [9.17, 15) is 9.59 Å². The SMILES string of the molecule is O=C(O)C=Cc1cccc(C(=O)N2CCC(CO)CC2)c1. The summed E-state index contributed by atoms with van der Waals surface area (Å²) in [4.78, 5) is 24.7. The van der Waals surface area contributed by atoms with Gasteiger partial charge in [-0.05, 0) is 42.5 Å². The van der Waals surface area contributed by atoms with Crippen molar-refractivity contribution in [2.45, 2.75) is 12.8 Å². The monoisotopic (exact) mass is 289 g/mol. The summed E-state index contributed by atoms with van der Waals surface area (Å²) in [6.45, 7) is 1.48. The van der Waals surface area contributed by atoms with Gasteiger partial charge in [-0.25, -0.2) is 4.79 Å². The van der Waals surface area contributed by atoms with Crippen LogP contribution in [0.25, 0.3) is 6.08 Å². The zero-order valence-electron chi connectivity index (χ0n) is 11.7. The smallest absolute Gasteiger partial charge is 0.328 e. The molecular weight excluding hydrogens is 270 g/mol. The number of likely N-dealkylation sites (tertiary alicyclic amines) is 1. The first-order valence-electron chi connectivity index (χ1n) is 7.01. The number of aliphatic carboxylic acids is 1. The number of piperidine rings is 1. The second-order valence-corrected chi connectivity index (χ2v) is 5.22. The molecule has 0 unspecified atom stereocenters. The van der Waals surface area contributed by atoms with E-state index in [0.717, 1.165) is 18.9 Å². The number of carbonyl (C=O) groups excluding carboxylic acids is 1. The van der Waals surface area contributed by atoms with Gasteiger partial charge in [-0.2, -0.15) is 0 Å². The summed E-state index contributed by atoms with van der Waals surface area (Å²) in [7, 11) is 0. The largest absolute Gasteiger partial charge is 0.478 e. The molecule has 1 aromatic rings. The number of rotatable bonds is 4. The van der Waals surface area contributed by atoms with Gasteiger partial charge in [0.15, 0.2) is 0 Å². The van der Waals surface area contributed by atoms with E-state index >= 15 is 0 Å². The number of benzene rings is 1. The van der Waals surface area contributed by atoms with Gasteiger partial charge in [0.1, 0.15) is 0 Å². The van der Waals surface area contributed by atoms with Crippen LogP contribution in [0.5, 0.6) is 0 Å². The Kier molecular flexibility index (Phi) is 5.11. The molecule has 1 saturated heterocycles. The first kappa shape index (κ1) is 15.3. The van der Waals surface area contributed by atoms with Crippen LogP contribution in [0.2, 0.25) is 0 Å². The van der Waals surface area contributed by atoms with Crippen LogP contribution in [0.1, 0.15) is 28.8 Å². The van der Waals surface area contributed by atoms with E-state index in [-0.39, 0.29) is 12.5 Å². The molecule has 1 aliphatic heterocycles. The molecule has 21 heavy (non-hydrogen) atoms. The summed E-state index contributed by atoms with van der Waals surface area (Å²) < 4.78 is 0. The zero-order chi connectivity index (χ0) is 15.2. The molecule has 1 fully saturated rings. The number of aliphatic hydroxyl groups is 1. The van der Waals surface area contributed by atoms with E-state index in [2.05, 4.69) is 0 Å². The molecule has 2 N–H and O–H groups in total. The quantitative estimate of drug-likeness (QED) is 0.826. The predicted molar refractivity (Wildman–Crippen MR) is 78.8 cm³/mol. The van der Waals surface area contributed by atoms with Crippen LogP contribution in [0.3, 0.4) is 0 Å². The second-order valence-electron chi connectivity index (χ2n) is 5.22. The summed E-state index contributed by atoms with van der Waals surface area (Å²) in [5, 5.41) is 17.7. The highest BCUT2D eigenvalue weighted by Crippen LogP contribution is 2.19. The normalized spacial score (nSPS) is 16.3. The third kappa shape index (κ3) is 4.16. The maximum Gasteiger partial charge on any atom is 0.328 e. The Balaban J connectivity index is 2.06. The molecule has 112 valence electrons. The summed E-state index contributed by atoms with van der Waals surface area (Å²) in [5.74, 6) is -0.770. The third-order valence-electron chi connectivity index (χ3n) is 3.71. The summed E-state index contributed by atoms with van der Waals surface area (Å²) in [6, 6.07) is 6.93. The van der Waals surface area contributed by atoms with E-state index in [0.29, 0.717) is 30.1 Å². The van der Waals surface area contributed by atoms with Crippen molar-refractivity contribution in [2.75, 3.05) is 19.7 Å². The molecule has 1 aromatic carbocycles. The number of carboxylic acid groups (broad SMARTS) is 1. The molecule has 1 aliphatic rings.